The second kappa shape index (κ2) is 13.2. The zero-order valence-corrected chi connectivity index (χ0v) is 24.0. The van der Waals surface area contributed by atoms with E-state index in [0.29, 0.717) is 11.4 Å². The first-order valence-electron chi connectivity index (χ1n) is 12.8. The van der Waals surface area contributed by atoms with Gasteiger partial charge in [-0.2, -0.15) is 23.5 Å². The molecule has 5 heteroatoms. The molecule has 190 valence electrons. The van der Waals surface area contributed by atoms with Crippen LogP contribution in [0.2, 0.25) is 0 Å². The van der Waals surface area contributed by atoms with Gasteiger partial charge in [0, 0.05) is 21.5 Å². The summed E-state index contributed by atoms with van der Waals surface area (Å²) in [6.45, 7) is 15.8. The average molecular weight is 504 g/mol. The second-order valence-corrected chi connectivity index (χ2v) is 14.8. The summed E-state index contributed by atoms with van der Waals surface area (Å²) in [5, 5.41) is 0. The lowest BCUT2D eigenvalue weighted by Gasteiger charge is -2.38. The topological polar surface area (TPSA) is 29.5 Å². The molecule has 0 aromatic carbocycles. The molecule has 0 fully saturated rings. The number of hydrogen-bond donors (Lipinski definition) is 0. The number of nitrogens with zero attached hydrogens (tertiary/aromatic N) is 1. The highest BCUT2D eigenvalue weighted by molar-refractivity contribution is 8.00. The van der Waals surface area contributed by atoms with Crippen molar-refractivity contribution in [1.29, 1.82) is 0 Å². The molecule has 0 aromatic heterocycles. The van der Waals surface area contributed by atoms with Crippen LogP contribution < -0.4 is 0 Å². The Morgan fingerprint density at radius 2 is 1.68 bits per heavy atom. The Balaban J connectivity index is 2.11. The molecule has 1 amide bonds. The average Bonchev–Trinajstić information content (AvgIpc) is 2.88. The van der Waals surface area contributed by atoms with E-state index < -0.39 is 5.54 Å². The minimum atomic E-state index is -0.512. The van der Waals surface area contributed by atoms with Crippen molar-refractivity contribution in [2.24, 2.45) is 0 Å². The van der Waals surface area contributed by atoms with Gasteiger partial charge >= 0.3 is 6.09 Å². The highest BCUT2D eigenvalue weighted by atomic mass is 32.2. The van der Waals surface area contributed by atoms with E-state index in [-0.39, 0.29) is 16.9 Å². The van der Waals surface area contributed by atoms with Gasteiger partial charge in [0.15, 0.2) is 0 Å². The summed E-state index contributed by atoms with van der Waals surface area (Å²) in [4.78, 5) is 15.0. The number of allylic oxidation sites excluding steroid dienone is 2. The number of ether oxygens (including phenoxy) is 1. The van der Waals surface area contributed by atoms with Crippen molar-refractivity contribution in [1.82, 2.24) is 4.90 Å². The zero-order chi connectivity index (χ0) is 25.2. The fourth-order valence-electron chi connectivity index (χ4n) is 4.18. The number of rotatable bonds is 10. The van der Waals surface area contributed by atoms with Crippen LogP contribution in [0, 0.1) is 11.8 Å². The van der Waals surface area contributed by atoms with Crippen LogP contribution in [0.4, 0.5) is 4.79 Å². The van der Waals surface area contributed by atoms with Crippen LogP contribution in [0.25, 0.3) is 0 Å². The van der Waals surface area contributed by atoms with E-state index in [0.717, 1.165) is 43.4 Å². The van der Waals surface area contributed by atoms with Crippen molar-refractivity contribution in [2.75, 3.05) is 18.1 Å². The summed E-state index contributed by atoms with van der Waals surface area (Å²) < 4.78 is 6.10. The molecule has 3 nitrogen and oxygen atoms in total. The van der Waals surface area contributed by atoms with Gasteiger partial charge in [-0.25, -0.2) is 4.79 Å². The van der Waals surface area contributed by atoms with Crippen molar-refractivity contribution in [3.63, 3.8) is 0 Å². The molecule has 2 aliphatic rings. The minimum Gasteiger partial charge on any atom is -0.450 e. The van der Waals surface area contributed by atoms with Gasteiger partial charge in [0.2, 0.25) is 0 Å². The highest BCUT2D eigenvalue weighted by Crippen LogP contribution is 2.42. The molecule has 0 saturated carbocycles. The van der Waals surface area contributed by atoms with E-state index >= 15 is 0 Å². The molecule has 0 radical (unpaired) electrons. The maximum absolute atomic E-state index is 13.1. The molecule has 2 aliphatic heterocycles. The number of thioether (sulfide) groups is 2. The molecule has 2 rings (SSSR count). The van der Waals surface area contributed by atoms with Gasteiger partial charge in [-0.1, -0.05) is 77.7 Å². The van der Waals surface area contributed by atoms with Crippen LogP contribution in [0.3, 0.4) is 0 Å². The molecular formula is C29H45NO2S2. The van der Waals surface area contributed by atoms with Gasteiger partial charge < -0.3 is 4.74 Å². The maximum atomic E-state index is 13.1. The number of fused-ring (bicyclic) bond motifs is 2. The molecular weight excluding hydrogens is 458 g/mol. The van der Waals surface area contributed by atoms with Crippen LogP contribution in [0.1, 0.15) is 87.0 Å². The number of carbonyl (C=O) groups is 1. The van der Waals surface area contributed by atoms with Gasteiger partial charge in [0.1, 0.15) is 0 Å². The molecule has 0 aliphatic carbocycles. The summed E-state index contributed by atoms with van der Waals surface area (Å²) in [6.07, 6.45) is 16.5. The van der Waals surface area contributed by atoms with E-state index in [1.54, 1.807) is 0 Å². The Hall–Kier alpha value is -1.25. The first-order valence-corrected chi connectivity index (χ1v) is 14.8. The maximum Gasteiger partial charge on any atom is 0.411 e. The predicted octanol–water partition coefficient (Wildman–Crippen LogP) is 8.03. The summed E-state index contributed by atoms with van der Waals surface area (Å²) in [5.41, 5.74) is 0.542. The molecule has 2 unspecified atom stereocenters. The van der Waals surface area contributed by atoms with Crippen molar-refractivity contribution in [3.05, 3.63) is 36.0 Å². The lowest BCUT2D eigenvalue weighted by atomic mass is 9.85. The number of amides is 1. The third-order valence-corrected chi connectivity index (χ3v) is 8.45. The third kappa shape index (κ3) is 9.08. The first-order chi connectivity index (χ1) is 16.0. The van der Waals surface area contributed by atoms with Gasteiger partial charge in [0.05, 0.1) is 18.2 Å². The quantitative estimate of drug-likeness (QED) is 0.223. The molecule has 34 heavy (non-hydrogen) atoms. The predicted molar refractivity (Wildman–Crippen MR) is 152 cm³/mol. The molecule has 0 aromatic rings. The molecule has 0 N–H and O–H groups in total. The number of unbranched alkanes of at least 4 members (excludes halogenated alkanes) is 3. The second-order valence-electron chi connectivity index (χ2n) is 10.9. The molecule has 0 saturated heterocycles. The van der Waals surface area contributed by atoms with Gasteiger partial charge in [-0.3, -0.25) is 4.90 Å². The standard InChI is InChI=1S/C29H45NO2S2/c1-8-32-26(31)30-25-18-12-13-19-29(30,20-14-16-22-34-28(5,6)7)24(23-25)17-11-9-10-15-21-33-27(2,3)4/h12-13,18-19,23,25H,8-10,14-16,20-22H2,1-7H3. The van der Waals surface area contributed by atoms with Crippen LogP contribution in [-0.4, -0.2) is 50.2 Å². The number of carbonyl (C=O) groups excluding carboxylic acids is 1. The Morgan fingerprint density at radius 3 is 2.29 bits per heavy atom. The number of hydrogen-bond acceptors (Lipinski definition) is 4. The Morgan fingerprint density at radius 1 is 1.03 bits per heavy atom. The van der Waals surface area contributed by atoms with Crippen molar-refractivity contribution < 1.29 is 9.53 Å². The van der Waals surface area contributed by atoms with Crippen LogP contribution in [0.5, 0.6) is 0 Å². The van der Waals surface area contributed by atoms with E-state index in [4.69, 9.17) is 4.74 Å². The minimum absolute atomic E-state index is 0.106. The van der Waals surface area contributed by atoms with Gasteiger partial charge in [0.25, 0.3) is 0 Å². The normalized spacial score (nSPS) is 21.7. The monoisotopic (exact) mass is 503 g/mol. The fourth-order valence-corrected chi connectivity index (χ4v) is 6.10. The lowest BCUT2D eigenvalue weighted by molar-refractivity contribution is 0.0798. The van der Waals surface area contributed by atoms with E-state index in [9.17, 15) is 4.79 Å². The van der Waals surface area contributed by atoms with Crippen LogP contribution >= 0.6 is 23.5 Å². The molecule has 2 heterocycles. The first kappa shape index (κ1) is 29.0. The van der Waals surface area contributed by atoms with Crippen LogP contribution in [-0.2, 0) is 4.74 Å². The molecule has 0 spiro atoms. The van der Waals surface area contributed by atoms with Crippen LogP contribution in [0.15, 0.2) is 36.0 Å². The van der Waals surface area contributed by atoms with Gasteiger partial charge in [-0.05, 0) is 56.6 Å². The lowest BCUT2D eigenvalue weighted by Crippen LogP contribution is -2.51. The van der Waals surface area contributed by atoms with E-state index in [1.165, 1.54) is 12.2 Å². The largest absolute Gasteiger partial charge is 0.450 e. The molecule has 2 bridgehead atoms. The SMILES string of the molecule is CCOC(=O)N1C2C=CC=CC1(CCCCSC(C)(C)C)C(C#CCCCCSC(C)(C)C)=C2. The summed E-state index contributed by atoms with van der Waals surface area (Å²) in [5.74, 6) is 9.22. The zero-order valence-electron chi connectivity index (χ0n) is 22.4. The summed E-state index contributed by atoms with van der Waals surface area (Å²) >= 11 is 4.02. The smallest absolute Gasteiger partial charge is 0.411 e. The van der Waals surface area contributed by atoms with Crippen molar-refractivity contribution in [3.8, 4) is 11.8 Å². The highest BCUT2D eigenvalue weighted by Gasteiger charge is 2.48. The Bertz CT molecular complexity index is 820. The van der Waals surface area contributed by atoms with E-state index in [2.05, 4.69) is 77.7 Å². The summed E-state index contributed by atoms with van der Waals surface area (Å²) in [7, 11) is 0. The van der Waals surface area contributed by atoms with Crippen molar-refractivity contribution in [2.45, 2.75) is 108 Å². The van der Waals surface area contributed by atoms with Gasteiger partial charge in [-0.15, -0.1) is 0 Å². The Kier molecular flexibility index (Phi) is 11.2. The van der Waals surface area contributed by atoms with E-state index in [1.807, 2.05) is 41.4 Å². The molecule has 2 atom stereocenters. The van der Waals surface area contributed by atoms with Crippen molar-refractivity contribution >= 4 is 29.6 Å². The third-order valence-electron chi connectivity index (χ3n) is 5.73. The fraction of sp³-hybridized carbons (Fsp3) is 0.690. The summed E-state index contributed by atoms with van der Waals surface area (Å²) in [6, 6.07) is -0.106. The Labute approximate surface area is 217 Å².